The van der Waals surface area contributed by atoms with Gasteiger partial charge < -0.3 is 19.7 Å². The lowest BCUT2D eigenvalue weighted by molar-refractivity contribution is -0.123. The zero-order valence-corrected chi connectivity index (χ0v) is 20.2. The van der Waals surface area contributed by atoms with Gasteiger partial charge in [0.25, 0.3) is 11.8 Å². The van der Waals surface area contributed by atoms with Crippen molar-refractivity contribution < 1.29 is 23.9 Å². The molecule has 184 valence electrons. The van der Waals surface area contributed by atoms with Gasteiger partial charge in [-0.25, -0.2) is 0 Å². The highest BCUT2D eigenvalue weighted by atomic mass is 16.5. The van der Waals surface area contributed by atoms with Crippen LogP contribution in [0, 0.1) is 0 Å². The maximum absolute atomic E-state index is 13.7. The van der Waals surface area contributed by atoms with Crippen molar-refractivity contribution in [3.8, 4) is 11.5 Å². The number of nitrogens with one attached hydrogen (secondary N) is 1. The molecule has 2 aromatic rings. The fourth-order valence-corrected chi connectivity index (χ4v) is 5.61. The van der Waals surface area contributed by atoms with E-state index in [0.29, 0.717) is 33.9 Å². The first-order valence-corrected chi connectivity index (χ1v) is 12.3. The molecular weight excluding hydrogens is 446 g/mol. The third-order valence-corrected chi connectivity index (χ3v) is 7.27. The van der Waals surface area contributed by atoms with Gasteiger partial charge in [0, 0.05) is 11.6 Å². The second-order valence-electron chi connectivity index (χ2n) is 9.37. The number of fused-ring (bicyclic) bond motifs is 5. The van der Waals surface area contributed by atoms with E-state index >= 15 is 0 Å². The van der Waals surface area contributed by atoms with Gasteiger partial charge in [-0.05, 0) is 31.0 Å². The molecule has 0 saturated heterocycles. The fourth-order valence-electron chi connectivity index (χ4n) is 5.61. The summed E-state index contributed by atoms with van der Waals surface area (Å²) in [5, 5.41) is 3.15. The molecule has 8 nitrogen and oxygen atoms in total. The molecule has 8 heteroatoms. The van der Waals surface area contributed by atoms with Gasteiger partial charge in [-0.15, -0.1) is 0 Å². The summed E-state index contributed by atoms with van der Waals surface area (Å²) in [4.78, 5) is 43.6. The van der Waals surface area contributed by atoms with E-state index in [1.54, 1.807) is 41.3 Å². The first kappa shape index (κ1) is 23.2. The largest absolute Gasteiger partial charge is 0.493 e. The van der Waals surface area contributed by atoms with E-state index in [9.17, 15) is 14.4 Å². The smallest absolute Gasteiger partial charge is 0.264 e. The van der Waals surface area contributed by atoms with Crippen LogP contribution in [-0.2, 0) is 4.79 Å². The van der Waals surface area contributed by atoms with Crippen molar-refractivity contribution in [3.63, 3.8) is 0 Å². The lowest BCUT2D eigenvalue weighted by atomic mass is 9.96. The third kappa shape index (κ3) is 4.00. The summed E-state index contributed by atoms with van der Waals surface area (Å²) in [5.74, 6) is 0.00161. The molecule has 2 aromatic carbocycles. The zero-order valence-electron chi connectivity index (χ0n) is 20.2. The van der Waals surface area contributed by atoms with E-state index in [1.807, 2.05) is 0 Å². The number of amides is 3. The second-order valence-corrected chi connectivity index (χ2v) is 9.37. The maximum Gasteiger partial charge on any atom is 0.264 e. The van der Waals surface area contributed by atoms with Crippen LogP contribution in [0.25, 0.3) is 0 Å². The van der Waals surface area contributed by atoms with Gasteiger partial charge in [-0.3, -0.25) is 19.3 Å². The molecule has 1 fully saturated rings. The summed E-state index contributed by atoms with van der Waals surface area (Å²) < 4.78 is 11.0. The number of carbonyl (C=O) groups excluding carboxylic acids is 3. The number of para-hydroxylation sites is 1. The van der Waals surface area contributed by atoms with Crippen LogP contribution in [0.1, 0.15) is 77.4 Å². The number of hydrogen-bond donors (Lipinski definition) is 1. The van der Waals surface area contributed by atoms with Crippen LogP contribution in [-0.4, -0.2) is 49.4 Å². The zero-order chi connectivity index (χ0) is 24.5. The molecule has 1 N–H and O–H groups in total. The molecule has 0 spiro atoms. The minimum absolute atomic E-state index is 0.118. The summed E-state index contributed by atoms with van der Waals surface area (Å²) in [7, 11) is 3.00. The standard InChI is InChI=1S/C27H31N3O5/c1-34-21-15-14-19-23(24(21)35-2)27(33)30-20-13-9-8-12-18(20)26(32)29(25(19)30)16-22(31)28-17-10-6-4-3-5-7-11-17/h8-9,12-15,17,25H,3-7,10-11,16H2,1-2H3,(H,28,31)/t25-/m1/s1. The lowest BCUT2D eigenvalue weighted by Crippen LogP contribution is -2.52. The summed E-state index contributed by atoms with van der Waals surface area (Å²) in [6, 6.07) is 10.6. The predicted molar refractivity (Wildman–Crippen MR) is 131 cm³/mol. The quantitative estimate of drug-likeness (QED) is 0.702. The minimum atomic E-state index is -0.734. The monoisotopic (exact) mass is 477 g/mol. The number of nitrogens with zero attached hydrogens (tertiary/aromatic N) is 2. The molecule has 35 heavy (non-hydrogen) atoms. The van der Waals surface area contributed by atoms with Crippen molar-refractivity contribution in [2.45, 2.75) is 57.2 Å². The molecule has 3 aliphatic rings. The molecule has 1 atom stereocenters. The normalized spacial score (nSPS) is 19.9. The van der Waals surface area contributed by atoms with Crippen molar-refractivity contribution in [2.24, 2.45) is 0 Å². The lowest BCUT2D eigenvalue weighted by Gasteiger charge is -2.40. The number of ether oxygens (including phenoxy) is 2. The average Bonchev–Trinajstić information content (AvgIpc) is 3.15. The van der Waals surface area contributed by atoms with Crippen molar-refractivity contribution in [3.05, 3.63) is 53.1 Å². The van der Waals surface area contributed by atoms with E-state index in [2.05, 4.69) is 5.32 Å². The fraction of sp³-hybridized carbons (Fsp3) is 0.444. The Labute approximate surface area is 205 Å². The molecule has 5 rings (SSSR count). The topological polar surface area (TPSA) is 88.2 Å². The van der Waals surface area contributed by atoms with Gasteiger partial charge in [-0.1, -0.05) is 50.3 Å². The number of rotatable bonds is 5. The Morgan fingerprint density at radius 2 is 1.66 bits per heavy atom. The third-order valence-electron chi connectivity index (χ3n) is 7.27. The van der Waals surface area contributed by atoms with E-state index in [0.717, 1.165) is 25.7 Å². The van der Waals surface area contributed by atoms with E-state index in [4.69, 9.17) is 9.47 Å². The van der Waals surface area contributed by atoms with Gasteiger partial charge >= 0.3 is 0 Å². The second kappa shape index (κ2) is 9.60. The summed E-state index contributed by atoms with van der Waals surface area (Å²) in [5.41, 5.74) is 1.90. The molecule has 2 heterocycles. The van der Waals surface area contributed by atoms with E-state index < -0.39 is 6.17 Å². The van der Waals surface area contributed by atoms with Gasteiger partial charge in [0.2, 0.25) is 5.91 Å². The molecule has 3 amide bonds. The number of anilines is 1. The van der Waals surface area contributed by atoms with Crippen LogP contribution in [0.3, 0.4) is 0 Å². The van der Waals surface area contributed by atoms with Crippen LogP contribution in [0.5, 0.6) is 11.5 Å². The minimum Gasteiger partial charge on any atom is -0.493 e. The number of methoxy groups -OCH3 is 2. The SMILES string of the molecule is COc1ccc2c(c1OC)C(=O)N1c3ccccc3C(=O)N(CC(=O)NC3CCCCCCC3)[C@@H]21. The molecule has 0 aromatic heterocycles. The predicted octanol–water partition coefficient (Wildman–Crippen LogP) is 4.05. The molecule has 1 saturated carbocycles. The Morgan fingerprint density at radius 3 is 2.37 bits per heavy atom. The Balaban J connectivity index is 1.51. The van der Waals surface area contributed by atoms with Crippen molar-refractivity contribution in [2.75, 3.05) is 25.7 Å². The van der Waals surface area contributed by atoms with Gasteiger partial charge in [0.1, 0.15) is 12.7 Å². The first-order valence-electron chi connectivity index (χ1n) is 12.3. The van der Waals surface area contributed by atoms with Crippen LogP contribution in [0.15, 0.2) is 36.4 Å². The van der Waals surface area contributed by atoms with Crippen molar-refractivity contribution in [1.29, 1.82) is 0 Å². The van der Waals surface area contributed by atoms with Crippen molar-refractivity contribution in [1.82, 2.24) is 10.2 Å². The first-order chi connectivity index (χ1) is 17.0. The van der Waals surface area contributed by atoms with Crippen LogP contribution < -0.4 is 19.7 Å². The summed E-state index contributed by atoms with van der Waals surface area (Å²) >= 11 is 0. The van der Waals surface area contributed by atoms with E-state index in [-0.39, 0.29) is 30.3 Å². The highest BCUT2D eigenvalue weighted by Gasteiger charge is 2.50. The van der Waals surface area contributed by atoms with Crippen molar-refractivity contribution >= 4 is 23.4 Å². The average molecular weight is 478 g/mol. The molecular formula is C27H31N3O5. The Bertz CT molecular complexity index is 1160. The van der Waals surface area contributed by atoms with Gasteiger partial charge in [0.15, 0.2) is 11.5 Å². The number of hydrogen-bond acceptors (Lipinski definition) is 5. The Kier molecular flexibility index (Phi) is 6.36. The summed E-state index contributed by atoms with van der Waals surface area (Å²) in [6.07, 6.45) is 7.00. The summed E-state index contributed by atoms with van der Waals surface area (Å²) in [6.45, 7) is -0.133. The molecule has 0 unspecified atom stereocenters. The molecule has 1 aliphatic carbocycles. The van der Waals surface area contributed by atoms with E-state index in [1.165, 1.54) is 38.4 Å². The van der Waals surface area contributed by atoms with Crippen LogP contribution in [0.2, 0.25) is 0 Å². The van der Waals surface area contributed by atoms with Crippen LogP contribution in [0.4, 0.5) is 5.69 Å². The highest BCUT2D eigenvalue weighted by molar-refractivity contribution is 6.18. The Hall–Kier alpha value is -3.55. The van der Waals surface area contributed by atoms with Gasteiger partial charge in [0.05, 0.1) is 31.0 Å². The number of benzene rings is 2. The highest BCUT2D eigenvalue weighted by Crippen LogP contribution is 2.49. The Morgan fingerprint density at radius 1 is 0.943 bits per heavy atom. The van der Waals surface area contributed by atoms with Gasteiger partial charge in [-0.2, -0.15) is 0 Å². The molecule has 2 aliphatic heterocycles. The number of carbonyl (C=O) groups is 3. The van der Waals surface area contributed by atoms with Crippen LogP contribution >= 0.6 is 0 Å². The maximum atomic E-state index is 13.7. The molecule has 0 radical (unpaired) electrons. The molecule has 0 bridgehead atoms.